The van der Waals surface area contributed by atoms with E-state index in [9.17, 15) is 0 Å². The number of anilines is 1. The molecule has 2 aromatic rings. The molecule has 4 heteroatoms. The number of hydrogen-bond donors (Lipinski definition) is 1. The molecule has 2 rings (SSSR count). The Morgan fingerprint density at radius 3 is 2.80 bits per heavy atom. The lowest BCUT2D eigenvalue weighted by Gasteiger charge is -2.04. The Bertz CT molecular complexity index is 476. The van der Waals surface area contributed by atoms with Gasteiger partial charge in [-0.1, -0.05) is 6.07 Å². The Balaban J connectivity index is 2.21. The van der Waals surface area contributed by atoms with Crippen molar-refractivity contribution in [2.24, 2.45) is 0 Å². The van der Waals surface area contributed by atoms with Crippen molar-refractivity contribution in [1.82, 2.24) is 9.78 Å². The van der Waals surface area contributed by atoms with Crippen LogP contribution in [0.15, 0.2) is 34.9 Å². The van der Waals surface area contributed by atoms with E-state index >= 15 is 0 Å². The molecule has 0 radical (unpaired) electrons. The number of hydrogen-bond acceptors (Lipinski definition) is 2. The van der Waals surface area contributed by atoms with Crippen LogP contribution in [-0.4, -0.2) is 9.78 Å². The molecule has 0 saturated carbocycles. The summed E-state index contributed by atoms with van der Waals surface area (Å²) >= 11 is 3.37. The third-order valence-electron chi connectivity index (χ3n) is 2.18. The predicted molar refractivity (Wildman–Crippen MR) is 64.6 cm³/mol. The Morgan fingerprint density at radius 1 is 1.40 bits per heavy atom. The van der Waals surface area contributed by atoms with Gasteiger partial charge in [0.05, 0.1) is 12.2 Å². The van der Waals surface area contributed by atoms with E-state index in [1.165, 1.54) is 0 Å². The minimum Gasteiger partial charge on any atom is -0.398 e. The highest BCUT2D eigenvalue weighted by molar-refractivity contribution is 9.10. The van der Waals surface area contributed by atoms with Gasteiger partial charge in [0.1, 0.15) is 0 Å². The fourth-order valence-electron chi connectivity index (χ4n) is 1.43. The molecule has 0 bridgehead atoms. The van der Waals surface area contributed by atoms with Crippen LogP contribution in [0.25, 0.3) is 0 Å². The number of aromatic nitrogens is 2. The van der Waals surface area contributed by atoms with Gasteiger partial charge in [0.2, 0.25) is 0 Å². The molecular weight excluding hydrogens is 254 g/mol. The van der Waals surface area contributed by atoms with Crippen molar-refractivity contribution < 1.29 is 0 Å². The van der Waals surface area contributed by atoms with Crippen molar-refractivity contribution in [1.29, 1.82) is 0 Å². The van der Waals surface area contributed by atoms with Gasteiger partial charge in [-0.05, 0) is 46.6 Å². The van der Waals surface area contributed by atoms with Crippen LogP contribution in [0, 0.1) is 6.92 Å². The highest BCUT2D eigenvalue weighted by Crippen LogP contribution is 2.20. The first-order valence-electron chi connectivity index (χ1n) is 4.69. The molecule has 0 unspecified atom stereocenters. The molecule has 15 heavy (non-hydrogen) atoms. The van der Waals surface area contributed by atoms with Crippen LogP contribution < -0.4 is 5.73 Å². The summed E-state index contributed by atoms with van der Waals surface area (Å²) in [6, 6.07) is 7.95. The smallest absolute Gasteiger partial charge is 0.0660 e. The average Bonchev–Trinajstić information content (AvgIpc) is 2.58. The Morgan fingerprint density at radius 2 is 2.20 bits per heavy atom. The molecule has 1 heterocycles. The van der Waals surface area contributed by atoms with Crippen LogP contribution in [-0.2, 0) is 6.54 Å². The third kappa shape index (κ3) is 2.39. The molecule has 0 atom stereocenters. The van der Waals surface area contributed by atoms with E-state index in [2.05, 4.69) is 21.0 Å². The molecule has 78 valence electrons. The largest absolute Gasteiger partial charge is 0.398 e. The van der Waals surface area contributed by atoms with Crippen molar-refractivity contribution in [3.8, 4) is 0 Å². The van der Waals surface area contributed by atoms with Gasteiger partial charge in [-0.3, -0.25) is 4.68 Å². The van der Waals surface area contributed by atoms with E-state index < -0.39 is 0 Å². The minimum absolute atomic E-state index is 0.755. The first-order chi connectivity index (χ1) is 7.15. The molecule has 0 spiro atoms. The van der Waals surface area contributed by atoms with Crippen molar-refractivity contribution in [2.45, 2.75) is 13.5 Å². The van der Waals surface area contributed by atoms with Crippen LogP contribution in [0.1, 0.15) is 11.3 Å². The first kappa shape index (κ1) is 10.2. The van der Waals surface area contributed by atoms with Gasteiger partial charge in [0, 0.05) is 16.4 Å². The van der Waals surface area contributed by atoms with Gasteiger partial charge >= 0.3 is 0 Å². The summed E-state index contributed by atoms with van der Waals surface area (Å²) in [5.41, 5.74) is 8.74. The third-order valence-corrected chi connectivity index (χ3v) is 2.90. The Labute approximate surface area is 97.0 Å². The van der Waals surface area contributed by atoms with Gasteiger partial charge in [0.15, 0.2) is 0 Å². The summed E-state index contributed by atoms with van der Waals surface area (Å²) in [5.74, 6) is 0. The molecule has 1 aromatic heterocycles. The van der Waals surface area contributed by atoms with E-state index in [-0.39, 0.29) is 0 Å². The molecule has 0 aliphatic heterocycles. The van der Waals surface area contributed by atoms with Gasteiger partial charge in [-0.25, -0.2) is 0 Å². The summed E-state index contributed by atoms with van der Waals surface area (Å²) < 4.78 is 2.83. The maximum absolute atomic E-state index is 5.80. The van der Waals surface area contributed by atoms with Gasteiger partial charge in [-0.15, -0.1) is 0 Å². The lowest BCUT2D eigenvalue weighted by molar-refractivity contribution is 0.679. The second kappa shape index (κ2) is 4.06. The monoisotopic (exact) mass is 265 g/mol. The number of nitrogen functional groups attached to an aromatic ring is 1. The molecule has 0 amide bonds. The Kier molecular flexibility index (Phi) is 2.77. The summed E-state index contributed by atoms with van der Waals surface area (Å²) in [7, 11) is 0. The highest BCUT2D eigenvalue weighted by Gasteiger charge is 2.00. The lowest BCUT2D eigenvalue weighted by atomic mass is 10.2. The zero-order chi connectivity index (χ0) is 10.8. The fraction of sp³-hybridized carbons (Fsp3) is 0.182. The van der Waals surface area contributed by atoms with Crippen molar-refractivity contribution >= 4 is 21.6 Å². The number of aryl methyl sites for hydroxylation is 1. The number of rotatable bonds is 2. The number of benzene rings is 1. The number of nitrogens with zero attached hydrogens (tertiary/aromatic N) is 2. The first-order valence-corrected chi connectivity index (χ1v) is 5.48. The Hall–Kier alpha value is -1.29. The predicted octanol–water partition coefficient (Wildman–Crippen LogP) is 2.58. The molecule has 2 N–H and O–H groups in total. The molecule has 0 aliphatic carbocycles. The number of halogens is 1. The molecule has 3 nitrogen and oxygen atoms in total. The summed E-state index contributed by atoms with van der Waals surface area (Å²) in [4.78, 5) is 0. The van der Waals surface area contributed by atoms with Gasteiger partial charge < -0.3 is 5.73 Å². The standard InChI is InChI=1S/C11H12BrN3/c1-8-4-5-15(14-8)7-9-2-3-10(12)11(13)6-9/h2-6H,7,13H2,1H3. The van der Waals surface area contributed by atoms with E-state index in [0.717, 1.165) is 28.0 Å². The highest BCUT2D eigenvalue weighted by atomic mass is 79.9. The molecule has 0 fully saturated rings. The van der Waals surface area contributed by atoms with Crippen LogP contribution in [0.3, 0.4) is 0 Å². The van der Waals surface area contributed by atoms with E-state index in [1.54, 1.807) is 0 Å². The van der Waals surface area contributed by atoms with Gasteiger partial charge in [0.25, 0.3) is 0 Å². The van der Waals surface area contributed by atoms with E-state index in [1.807, 2.05) is 42.1 Å². The molecular formula is C11H12BrN3. The van der Waals surface area contributed by atoms with Crippen LogP contribution in [0.5, 0.6) is 0 Å². The van der Waals surface area contributed by atoms with E-state index in [0.29, 0.717) is 0 Å². The maximum Gasteiger partial charge on any atom is 0.0660 e. The van der Waals surface area contributed by atoms with Crippen molar-refractivity contribution in [3.63, 3.8) is 0 Å². The zero-order valence-electron chi connectivity index (χ0n) is 8.44. The maximum atomic E-state index is 5.80. The fourth-order valence-corrected chi connectivity index (χ4v) is 1.68. The van der Waals surface area contributed by atoms with Crippen molar-refractivity contribution in [2.75, 3.05) is 5.73 Å². The minimum atomic E-state index is 0.755. The summed E-state index contributed by atoms with van der Waals surface area (Å²) in [6.07, 6.45) is 1.97. The second-order valence-electron chi connectivity index (χ2n) is 3.51. The molecule has 1 aromatic carbocycles. The summed E-state index contributed by atoms with van der Waals surface area (Å²) in [5, 5.41) is 4.32. The number of nitrogens with two attached hydrogens (primary N) is 1. The summed E-state index contributed by atoms with van der Waals surface area (Å²) in [6.45, 7) is 2.73. The normalized spacial score (nSPS) is 10.5. The van der Waals surface area contributed by atoms with E-state index in [4.69, 9.17) is 5.73 Å². The van der Waals surface area contributed by atoms with Crippen LogP contribution in [0.2, 0.25) is 0 Å². The van der Waals surface area contributed by atoms with Gasteiger partial charge in [-0.2, -0.15) is 5.10 Å². The average molecular weight is 266 g/mol. The topological polar surface area (TPSA) is 43.8 Å². The quantitative estimate of drug-likeness (QED) is 0.849. The second-order valence-corrected chi connectivity index (χ2v) is 4.36. The molecule has 0 aliphatic rings. The zero-order valence-corrected chi connectivity index (χ0v) is 10.0. The van der Waals surface area contributed by atoms with Crippen molar-refractivity contribution in [3.05, 3.63) is 46.2 Å². The van der Waals surface area contributed by atoms with Crippen LogP contribution in [0.4, 0.5) is 5.69 Å². The SMILES string of the molecule is Cc1ccn(Cc2ccc(Br)c(N)c2)n1. The van der Waals surface area contributed by atoms with Crippen LogP contribution >= 0.6 is 15.9 Å². The lowest BCUT2D eigenvalue weighted by Crippen LogP contribution is -2.01. The molecule has 0 saturated heterocycles.